The zero-order valence-electron chi connectivity index (χ0n) is 11.7. The van der Waals surface area contributed by atoms with Gasteiger partial charge in [-0.05, 0) is 31.0 Å². The fourth-order valence-electron chi connectivity index (χ4n) is 2.39. The highest BCUT2D eigenvalue weighted by atomic mass is 16.5. The number of carbonyl (C=O) groups excluding carboxylic acids is 1. The molecule has 4 heteroatoms. The summed E-state index contributed by atoms with van der Waals surface area (Å²) >= 11 is 0. The molecule has 1 aromatic rings. The Balaban J connectivity index is 2.25. The van der Waals surface area contributed by atoms with E-state index in [1.807, 2.05) is 18.2 Å². The SMILES string of the molecule is COc1ccc(C2(CCC(C)=O)COC2)cc1OC. The van der Waals surface area contributed by atoms with Crippen LogP contribution in [0.4, 0.5) is 0 Å². The average Bonchev–Trinajstić information content (AvgIpc) is 2.36. The summed E-state index contributed by atoms with van der Waals surface area (Å²) in [6.07, 6.45) is 1.40. The first-order valence-electron chi connectivity index (χ1n) is 6.41. The number of ether oxygens (including phenoxy) is 3. The molecule has 0 aromatic heterocycles. The molecular weight excluding hydrogens is 244 g/mol. The minimum atomic E-state index is -0.0504. The van der Waals surface area contributed by atoms with E-state index >= 15 is 0 Å². The third-order valence-electron chi connectivity index (χ3n) is 3.71. The number of methoxy groups -OCH3 is 2. The van der Waals surface area contributed by atoms with Gasteiger partial charge in [0.1, 0.15) is 5.78 Å². The second-order valence-corrected chi connectivity index (χ2v) is 5.04. The molecule has 0 atom stereocenters. The van der Waals surface area contributed by atoms with Gasteiger partial charge in [-0.1, -0.05) is 6.07 Å². The molecule has 0 radical (unpaired) electrons. The lowest BCUT2D eigenvalue weighted by molar-refractivity contribution is -0.119. The van der Waals surface area contributed by atoms with Gasteiger partial charge in [0.25, 0.3) is 0 Å². The van der Waals surface area contributed by atoms with E-state index in [0.717, 1.165) is 12.0 Å². The molecular formula is C15H20O4. The Bertz CT molecular complexity index is 463. The molecule has 0 N–H and O–H groups in total. The van der Waals surface area contributed by atoms with Crippen molar-refractivity contribution in [1.82, 2.24) is 0 Å². The van der Waals surface area contributed by atoms with E-state index in [0.29, 0.717) is 31.1 Å². The second kappa shape index (κ2) is 5.61. The molecule has 1 heterocycles. The molecule has 0 bridgehead atoms. The maximum Gasteiger partial charge on any atom is 0.161 e. The molecule has 1 aliphatic rings. The van der Waals surface area contributed by atoms with Gasteiger partial charge < -0.3 is 19.0 Å². The maximum atomic E-state index is 11.2. The second-order valence-electron chi connectivity index (χ2n) is 5.04. The zero-order chi connectivity index (χ0) is 13.9. The van der Waals surface area contributed by atoms with Gasteiger partial charge in [-0.2, -0.15) is 0 Å². The Labute approximate surface area is 113 Å². The Hall–Kier alpha value is -1.55. The third-order valence-corrected chi connectivity index (χ3v) is 3.71. The minimum Gasteiger partial charge on any atom is -0.493 e. The van der Waals surface area contributed by atoms with Crippen molar-refractivity contribution in [3.63, 3.8) is 0 Å². The summed E-state index contributed by atoms with van der Waals surface area (Å²) in [4.78, 5) is 11.2. The van der Waals surface area contributed by atoms with Crippen LogP contribution in [0.25, 0.3) is 0 Å². The van der Waals surface area contributed by atoms with Crippen LogP contribution in [-0.4, -0.2) is 33.2 Å². The standard InChI is InChI=1S/C15H20O4/c1-11(16)6-7-15(9-19-10-15)12-4-5-13(17-2)14(8-12)18-3/h4-5,8H,6-7,9-10H2,1-3H3. The quantitative estimate of drug-likeness (QED) is 0.791. The summed E-state index contributed by atoms with van der Waals surface area (Å²) in [6, 6.07) is 5.92. The highest BCUT2D eigenvalue weighted by Gasteiger charge is 2.40. The van der Waals surface area contributed by atoms with E-state index < -0.39 is 0 Å². The van der Waals surface area contributed by atoms with Crippen LogP contribution in [0.1, 0.15) is 25.3 Å². The van der Waals surface area contributed by atoms with Crippen LogP contribution >= 0.6 is 0 Å². The fourth-order valence-corrected chi connectivity index (χ4v) is 2.39. The Morgan fingerprint density at radius 2 is 1.95 bits per heavy atom. The van der Waals surface area contributed by atoms with Crippen molar-refractivity contribution in [2.45, 2.75) is 25.2 Å². The number of rotatable bonds is 6. The largest absolute Gasteiger partial charge is 0.493 e. The van der Waals surface area contributed by atoms with E-state index in [4.69, 9.17) is 14.2 Å². The van der Waals surface area contributed by atoms with Crippen LogP contribution in [0.3, 0.4) is 0 Å². The first-order valence-corrected chi connectivity index (χ1v) is 6.41. The lowest BCUT2D eigenvalue weighted by Crippen LogP contribution is -2.47. The predicted octanol–water partition coefficient (Wildman–Crippen LogP) is 2.34. The minimum absolute atomic E-state index is 0.0504. The van der Waals surface area contributed by atoms with Crippen LogP contribution in [0.5, 0.6) is 11.5 Å². The molecule has 0 amide bonds. The van der Waals surface area contributed by atoms with Crippen molar-refractivity contribution in [2.24, 2.45) is 0 Å². The van der Waals surface area contributed by atoms with E-state index in [1.54, 1.807) is 21.1 Å². The van der Waals surface area contributed by atoms with Gasteiger partial charge in [-0.15, -0.1) is 0 Å². The van der Waals surface area contributed by atoms with Crippen LogP contribution < -0.4 is 9.47 Å². The van der Waals surface area contributed by atoms with Crippen molar-refractivity contribution in [1.29, 1.82) is 0 Å². The lowest BCUT2D eigenvalue weighted by Gasteiger charge is -2.42. The van der Waals surface area contributed by atoms with Crippen molar-refractivity contribution in [2.75, 3.05) is 27.4 Å². The van der Waals surface area contributed by atoms with Crippen molar-refractivity contribution in [3.05, 3.63) is 23.8 Å². The maximum absolute atomic E-state index is 11.2. The molecule has 0 unspecified atom stereocenters. The number of hydrogen-bond acceptors (Lipinski definition) is 4. The van der Waals surface area contributed by atoms with Gasteiger partial charge >= 0.3 is 0 Å². The Morgan fingerprint density at radius 3 is 2.42 bits per heavy atom. The van der Waals surface area contributed by atoms with Crippen LogP contribution in [-0.2, 0) is 14.9 Å². The number of ketones is 1. The Morgan fingerprint density at radius 1 is 1.26 bits per heavy atom. The van der Waals surface area contributed by atoms with Crippen LogP contribution in [0.2, 0.25) is 0 Å². The lowest BCUT2D eigenvalue weighted by atomic mass is 9.74. The summed E-state index contributed by atoms with van der Waals surface area (Å²) in [5.41, 5.74) is 1.10. The van der Waals surface area contributed by atoms with E-state index in [9.17, 15) is 4.79 Å². The van der Waals surface area contributed by atoms with Crippen LogP contribution in [0, 0.1) is 0 Å². The van der Waals surface area contributed by atoms with Crippen molar-refractivity contribution >= 4 is 5.78 Å². The number of hydrogen-bond donors (Lipinski definition) is 0. The first-order chi connectivity index (χ1) is 9.11. The Kier molecular flexibility index (Phi) is 4.10. The fraction of sp³-hybridized carbons (Fsp3) is 0.533. The van der Waals surface area contributed by atoms with Gasteiger partial charge in [-0.3, -0.25) is 0 Å². The van der Waals surface area contributed by atoms with Crippen LogP contribution in [0.15, 0.2) is 18.2 Å². The molecule has 2 rings (SSSR count). The number of carbonyl (C=O) groups is 1. The summed E-state index contributed by atoms with van der Waals surface area (Å²) in [5.74, 6) is 1.65. The number of benzene rings is 1. The highest BCUT2D eigenvalue weighted by molar-refractivity contribution is 5.75. The predicted molar refractivity (Wildman–Crippen MR) is 72.0 cm³/mol. The molecule has 104 valence electrons. The van der Waals surface area contributed by atoms with E-state index in [-0.39, 0.29) is 11.2 Å². The highest BCUT2D eigenvalue weighted by Crippen LogP contribution is 2.40. The van der Waals surface area contributed by atoms with E-state index in [1.165, 1.54) is 0 Å². The van der Waals surface area contributed by atoms with Gasteiger partial charge in [0, 0.05) is 11.8 Å². The van der Waals surface area contributed by atoms with Gasteiger partial charge in [0.2, 0.25) is 0 Å². The molecule has 1 saturated heterocycles. The van der Waals surface area contributed by atoms with Crippen molar-refractivity contribution < 1.29 is 19.0 Å². The average molecular weight is 264 g/mol. The molecule has 1 fully saturated rings. The molecule has 4 nitrogen and oxygen atoms in total. The molecule has 0 aliphatic carbocycles. The normalized spacial score (nSPS) is 16.6. The number of Topliss-reactive ketones (excluding diaryl/α,β-unsaturated/α-hetero) is 1. The summed E-state index contributed by atoms with van der Waals surface area (Å²) in [5, 5.41) is 0. The smallest absolute Gasteiger partial charge is 0.161 e. The monoisotopic (exact) mass is 264 g/mol. The topological polar surface area (TPSA) is 44.8 Å². The molecule has 0 spiro atoms. The van der Waals surface area contributed by atoms with E-state index in [2.05, 4.69) is 0 Å². The summed E-state index contributed by atoms with van der Waals surface area (Å²) in [6.45, 7) is 2.95. The molecule has 19 heavy (non-hydrogen) atoms. The third kappa shape index (κ3) is 2.73. The summed E-state index contributed by atoms with van der Waals surface area (Å²) < 4.78 is 15.9. The summed E-state index contributed by atoms with van der Waals surface area (Å²) in [7, 11) is 3.25. The zero-order valence-corrected chi connectivity index (χ0v) is 11.7. The molecule has 1 aliphatic heterocycles. The first kappa shape index (κ1) is 13.9. The molecule has 1 aromatic carbocycles. The van der Waals surface area contributed by atoms with Gasteiger partial charge in [0.05, 0.1) is 27.4 Å². The molecule has 0 saturated carbocycles. The van der Waals surface area contributed by atoms with Gasteiger partial charge in [-0.25, -0.2) is 0 Å². The van der Waals surface area contributed by atoms with Gasteiger partial charge in [0.15, 0.2) is 11.5 Å². The van der Waals surface area contributed by atoms with Crippen molar-refractivity contribution in [3.8, 4) is 11.5 Å².